The van der Waals surface area contributed by atoms with Crippen LogP contribution in [0.2, 0.25) is 0 Å². The van der Waals surface area contributed by atoms with Crippen LogP contribution in [0.25, 0.3) is 0 Å². The molecule has 0 spiro atoms. The van der Waals surface area contributed by atoms with Crippen LogP contribution in [0, 0.1) is 5.92 Å². The minimum atomic E-state index is -0.162. The molecule has 1 N–H and O–H groups in total. The molecule has 8 nitrogen and oxygen atoms in total. The molecule has 0 bridgehead atoms. The average Bonchev–Trinajstić information content (AvgIpc) is 2.97. The van der Waals surface area contributed by atoms with Gasteiger partial charge < -0.3 is 24.8 Å². The van der Waals surface area contributed by atoms with Gasteiger partial charge in [0.05, 0.1) is 7.11 Å². The Balaban J connectivity index is 1.35. The lowest BCUT2D eigenvalue weighted by molar-refractivity contribution is -0.136. The van der Waals surface area contributed by atoms with E-state index in [0.717, 1.165) is 30.9 Å². The number of rotatable bonds is 4. The van der Waals surface area contributed by atoms with Crippen molar-refractivity contribution in [2.45, 2.75) is 25.7 Å². The maximum atomic E-state index is 13.4. The number of hydrogen-bond donors (Lipinski definition) is 1. The second-order valence-electron chi connectivity index (χ2n) is 9.40. The van der Waals surface area contributed by atoms with Gasteiger partial charge in [-0.05, 0) is 55.7 Å². The summed E-state index contributed by atoms with van der Waals surface area (Å²) in [6.07, 6.45) is 2.32. The molecule has 4 rings (SSSR count). The summed E-state index contributed by atoms with van der Waals surface area (Å²) in [6.45, 7) is 4.30. The Morgan fingerprint density at radius 1 is 0.861 bits per heavy atom. The highest BCUT2D eigenvalue weighted by atomic mass is 16.5. The Bertz CT molecular complexity index is 1020. The summed E-state index contributed by atoms with van der Waals surface area (Å²) in [5.41, 5.74) is 1.75. The number of piperazine rings is 1. The molecule has 1 atom stereocenters. The fraction of sp³-hybridized carbons (Fsp3) is 0.464. The topological polar surface area (TPSA) is 82.2 Å². The Morgan fingerprint density at radius 2 is 1.58 bits per heavy atom. The standard InChI is InChI=1S/C28H36N4O4/c1-36-25-11-9-24(10-12-25)30-18-20-32(21-19-30)28(35)23-8-5-16-31(17-14-26(33)29-15-13-23)27(34)22-6-3-2-4-7-22/h2-4,6-7,9-12,23H,5,8,13-21H2,1H3,(H,29,33). The Hall–Kier alpha value is -3.55. The molecule has 3 amide bonds. The van der Waals surface area contributed by atoms with E-state index >= 15 is 0 Å². The van der Waals surface area contributed by atoms with Crippen LogP contribution in [0.3, 0.4) is 0 Å². The Labute approximate surface area is 213 Å². The highest BCUT2D eigenvalue weighted by molar-refractivity contribution is 5.94. The second kappa shape index (κ2) is 12.4. The highest BCUT2D eigenvalue weighted by Gasteiger charge is 2.28. The van der Waals surface area contributed by atoms with Gasteiger partial charge in [-0.2, -0.15) is 0 Å². The van der Waals surface area contributed by atoms with Crippen molar-refractivity contribution >= 4 is 23.4 Å². The van der Waals surface area contributed by atoms with Gasteiger partial charge in [0.15, 0.2) is 0 Å². The number of anilines is 1. The molecule has 2 aromatic carbocycles. The van der Waals surface area contributed by atoms with E-state index in [-0.39, 0.29) is 30.1 Å². The number of amides is 3. The normalized spacial score (nSPS) is 19.8. The molecule has 2 aromatic rings. The van der Waals surface area contributed by atoms with Crippen molar-refractivity contribution in [3.8, 4) is 5.75 Å². The van der Waals surface area contributed by atoms with Gasteiger partial charge in [-0.15, -0.1) is 0 Å². The number of hydrogen-bond acceptors (Lipinski definition) is 5. The summed E-state index contributed by atoms with van der Waals surface area (Å²) < 4.78 is 5.25. The molecule has 0 saturated carbocycles. The van der Waals surface area contributed by atoms with Crippen LogP contribution < -0.4 is 15.0 Å². The fourth-order valence-electron chi connectivity index (χ4n) is 4.95. The van der Waals surface area contributed by atoms with E-state index < -0.39 is 0 Å². The summed E-state index contributed by atoms with van der Waals surface area (Å²) in [5.74, 6) is 0.668. The number of nitrogens with zero attached hydrogens (tertiary/aromatic N) is 3. The average molecular weight is 493 g/mol. The lowest BCUT2D eigenvalue weighted by Crippen LogP contribution is -2.50. The third-order valence-corrected chi connectivity index (χ3v) is 7.09. The number of benzene rings is 2. The number of methoxy groups -OCH3 is 1. The van der Waals surface area contributed by atoms with E-state index in [4.69, 9.17) is 4.74 Å². The van der Waals surface area contributed by atoms with Gasteiger partial charge in [0.1, 0.15) is 5.75 Å². The van der Waals surface area contributed by atoms with Crippen molar-refractivity contribution in [1.29, 1.82) is 0 Å². The predicted molar refractivity (Wildman–Crippen MR) is 139 cm³/mol. The first kappa shape index (κ1) is 25.5. The summed E-state index contributed by atoms with van der Waals surface area (Å²) in [4.78, 5) is 44.8. The van der Waals surface area contributed by atoms with Gasteiger partial charge in [0.25, 0.3) is 5.91 Å². The van der Waals surface area contributed by atoms with E-state index in [1.54, 1.807) is 24.1 Å². The van der Waals surface area contributed by atoms with Gasteiger partial charge in [-0.1, -0.05) is 18.2 Å². The third kappa shape index (κ3) is 6.56. The quantitative estimate of drug-likeness (QED) is 0.710. The van der Waals surface area contributed by atoms with E-state index in [1.165, 1.54) is 0 Å². The van der Waals surface area contributed by atoms with E-state index in [1.807, 2.05) is 47.4 Å². The van der Waals surface area contributed by atoms with Gasteiger partial charge >= 0.3 is 0 Å². The lowest BCUT2D eigenvalue weighted by atomic mass is 9.96. The van der Waals surface area contributed by atoms with Crippen molar-refractivity contribution in [1.82, 2.24) is 15.1 Å². The maximum absolute atomic E-state index is 13.4. The highest BCUT2D eigenvalue weighted by Crippen LogP contribution is 2.23. The first-order valence-corrected chi connectivity index (χ1v) is 12.8. The van der Waals surface area contributed by atoms with Crippen LogP contribution in [0.1, 0.15) is 36.0 Å². The summed E-state index contributed by atoms with van der Waals surface area (Å²) in [7, 11) is 1.66. The zero-order valence-electron chi connectivity index (χ0n) is 21.0. The maximum Gasteiger partial charge on any atom is 0.253 e. The molecule has 1 unspecified atom stereocenters. The molecule has 192 valence electrons. The zero-order valence-corrected chi connectivity index (χ0v) is 21.0. The second-order valence-corrected chi connectivity index (χ2v) is 9.40. The van der Waals surface area contributed by atoms with Crippen molar-refractivity contribution < 1.29 is 19.1 Å². The largest absolute Gasteiger partial charge is 0.497 e. The van der Waals surface area contributed by atoms with Crippen LogP contribution in [0.15, 0.2) is 54.6 Å². The molecular weight excluding hydrogens is 456 g/mol. The van der Waals surface area contributed by atoms with Crippen LogP contribution in [0.4, 0.5) is 5.69 Å². The molecule has 2 heterocycles. The summed E-state index contributed by atoms with van der Waals surface area (Å²) in [6, 6.07) is 17.2. The van der Waals surface area contributed by atoms with Crippen LogP contribution in [-0.4, -0.2) is 80.4 Å². The first-order valence-electron chi connectivity index (χ1n) is 12.8. The first-order chi connectivity index (χ1) is 17.5. The minimum Gasteiger partial charge on any atom is -0.497 e. The molecule has 2 aliphatic rings. The number of carbonyl (C=O) groups is 3. The Kier molecular flexibility index (Phi) is 8.81. The molecule has 0 aliphatic carbocycles. The lowest BCUT2D eigenvalue weighted by Gasteiger charge is -2.37. The summed E-state index contributed by atoms with van der Waals surface area (Å²) in [5, 5.41) is 2.94. The molecule has 0 aromatic heterocycles. The van der Waals surface area contributed by atoms with Gasteiger partial charge in [0, 0.05) is 69.4 Å². The van der Waals surface area contributed by atoms with E-state index in [0.29, 0.717) is 51.1 Å². The predicted octanol–water partition coefficient (Wildman–Crippen LogP) is 2.79. The molecule has 36 heavy (non-hydrogen) atoms. The molecule has 8 heteroatoms. The van der Waals surface area contributed by atoms with Crippen LogP contribution in [0.5, 0.6) is 5.75 Å². The van der Waals surface area contributed by atoms with Gasteiger partial charge in [-0.25, -0.2) is 0 Å². The molecule has 2 aliphatic heterocycles. The monoisotopic (exact) mass is 492 g/mol. The number of carbonyl (C=O) groups excluding carboxylic acids is 3. The summed E-state index contributed by atoms with van der Waals surface area (Å²) >= 11 is 0. The van der Waals surface area contributed by atoms with Gasteiger partial charge in [0.2, 0.25) is 11.8 Å². The molecule has 2 fully saturated rings. The molecule has 2 saturated heterocycles. The number of nitrogens with one attached hydrogen (secondary N) is 1. The number of ether oxygens (including phenoxy) is 1. The fourth-order valence-corrected chi connectivity index (χ4v) is 4.95. The van der Waals surface area contributed by atoms with E-state index in [9.17, 15) is 14.4 Å². The Morgan fingerprint density at radius 3 is 2.28 bits per heavy atom. The SMILES string of the molecule is COc1ccc(N2CCN(C(=O)C3CCCN(C(=O)c4ccccc4)CCC(=O)NCC3)CC2)cc1. The van der Waals surface area contributed by atoms with Crippen molar-refractivity contribution in [3.05, 3.63) is 60.2 Å². The van der Waals surface area contributed by atoms with Crippen LogP contribution in [-0.2, 0) is 9.59 Å². The molecule has 0 radical (unpaired) electrons. The molecular formula is C28H36N4O4. The van der Waals surface area contributed by atoms with Crippen LogP contribution >= 0.6 is 0 Å². The smallest absolute Gasteiger partial charge is 0.253 e. The zero-order chi connectivity index (χ0) is 25.3. The van der Waals surface area contributed by atoms with Crippen molar-refractivity contribution in [3.63, 3.8) is 0 Å². The van der Waals surface area contributed by atoms with Gasteiger partial charge in [-0.3, -0.25) is 14.4 Å². The van der Waals surface area contributed by atoms with Crippen molar-refractivity contribution in [2.75, 3.05) is 57.8 Å². The third-order valence-electron chi connectivity index (χ3n) is 7.09. The van der Waals surface area contributed by atoms with Crippen molar-refractivity contribution in [2.24, 2.45) is 5.92 Å². The van der Waals surface area contributed by atoms with E-state index in [2.05, 4.69) is 10.2 Å². The minimum absolute atomic E-state index is 0.0693.